The summed E-state index contributed by atoms with van der Waals surface area (Å²) in [6.45, 7) is 5.41. The molecular weight excluding hydrogens is 326 g/mol. The average Bonchev–Trinajstić information content (AvgIpc) is 2.56. The lowest BCUT2D eigenvalue weighted by Gasteiger charge is -2.23. The normalized spacial score (nSPS) is 11.1. The van der Waals surface area contributed by atoms with Gasteiger partial charge < -0.3 is 4.74 Å². The summed E-state index contributed by atoms with van der Waals surface area (Å²) in [7, 11) is 0. The van der Waals surface area contributed by atoms with Gasteiger partial charge in [-0.25, -0.2) is 0 Å². The molecule has 0 aliphatic heterocycles. The van der Waals surface area contributed by atoms with Gasteiger partial charge in [0.1, 0.15) is 0 Å². The maximum Gasteiger partial charge on any atom is 0.315 e. The van der Waals surface area contributed by atoms with E-state index in [1.165, 1.54) is 17.8 Å². The summed E-state index contributed by atoms with van der Waals surface area (Å²) in [5, 5.41) is 11.5. The fraction of sp³-hybridized carbons (Fsp3) is 0.278. The first-order valence-corrected chi connectivity index (χ1v) is 8.37. The van der Waals surface area contributed by atoms with Crippen molar-refractivity contribution in [1.82, 2.24) is 0 Å². The monoisotopic (exact) mass is 345 g/mol. The number of carbonyl (C=O) groups excluding carboxylic acids is 1. The lowest BCUT2D eigenvalue weighted by Crippen LogP contribution is -2.31. The molecule has 24 heavy (non-hydrogen) atoms. The lowest BCUT2D eigenvalue weighted by atomic mass is 9.84. The molecule has 2 aromatic rings. The van der Waals surface area contributed by atoms with Crippen LogP contribution in [-0.2, 0) is 14.9 Å². The molecule has 0 radical (unpaired) electrons. The van der Waals surface area contributed by atoms with Crippen LogP contribution < -0.4 is 0 Å². The Morgan fingerprint density at radius 1 is 1.21 bits per heavy atom. The van der Waals surface area contributed by atoms with Crippen LogP contribution in [0.3, 0.4) is 0 Å². The van der Waals surface area contributed by atoms with Crippen molar-refractivity contribution in [3.8, 4) is 0 Å². The molecule has 0 aliphatic carbocycles. The first-order valence-electron chi connectivity index (χ1n) is 7.55. The third-order valence-electron chi connectivity index (χ3n) is 3.63. The van der Waals surface area contributed by atoms with Crippen LogP contribution in [0.2, 0.25) is 0 Å². The zero-order valence-corrected chi connectivity index (χ0v) is 14.6. The van der Waals surface area contributed by atoms with Crippen LogP contribution in [0.4, 0.5) is 5.69 Å². The second kappa shape index (κ2) is 7.49. The Hall–Kier alpha value is -2.34. The molecule has 0 unspecified atom stereocenters. The SMILES string of the molecule is CCOC(=O)C(C)(C)c1ccc(Sc2ccccc2)c([N+](=O)[O-])c1. The van der Waals surface area contributed by atoms with Gasteiger partial charge in [0.2, 0.25) is 0 Å². The van der Waals surface area contributed by atoms with Crippen molar-refractivity contribution in [2.75, 3.05) is 6.61 Å². The molecule has 0 amide bonds. The maximum absolute atomic E-state index is 12.1. The van der Waals surface area contributed by atoms with Crippen LogP contribution in [-0.4, -0.2) is 17.5 Å². The second-order valence-electron chi connectivity index (χ2n) is 5.70. The molecule has 126 valence electrons. The van der Waals surface area contributed by atoms with Crippen LogP contribution in [0.1, 0.15) is 26.3 Å². The van der Waals surface area contributed by atoms with Gasteiger partial charge in [0, 0.05) is 11.0 Å². The van der Waals surface area contributed by atoms with Gasteiger partial charge in [0.15, 0.2) is 0 Å². The highest BCUT2D eigenvalue weighted by Crippen LogP contribution is 2.37. The van der Waals surface area contributed by atoms with Crippen molar-refractivity contribution in [2.45, 2.75) is 36.0 Å². The van der Waals surface area contributed by atoms with Crippen molar-refractivity contribution in [3.63, 3.8) is 0 Å². The lowest BCUT2D eigenvalue weighted by molar-refractivity contribution is -0.387. The van der Waals surface area contributed by atoms with Gasteiger partial charge in [-0.1, -0.05) is 36.0 Å². The Morgan fingerprint density at radius 3 is 2.46 bits per heavy atom. The summed E-state index contributed by atoms with van der Waals surface area (Å²) in [6, 6.07) is 14.3. The summed E-state index contributed by atoms with van der Waals surface area (Å²) in [4.78, 5) is 24.6. The summed E-state index contributed by atoms with van der Waals surface area (Å²) in [5.41, 5.74) is -0.403. The minimum atomic E-state index is -0.948. The number of nitro benzene ring substituents is 1. The van der Waals surface area contributed by atoms with Crippen LogP contribution >= 0.6 is 11.8 Å². The molecule has 2 rings (SSSR count). The number of benzene rings is 2. The molecule has 0 aliphatic rings. The first kappa shape index (κ1) is 18.0. The van der Waals surface area contributed by atoms with Crippen molar-refractivity contribution >= 4 is 23.4 Å². The Balaban J connectivity index is 2.40. The van der Waals surface area contributed by atoms with Crippen molar-refractivity contribution in [2.24, 2.45) is 0 Å². The smallest absolute Gasteiger partial charge is 0.315 e. The van der Waals surface area contributed by atoms with E-state index in [0.717, 1.165) is 4.90 Å². The third kappa shape index (κ3) is 3.94. The molecule has 0 aromatic heterocycles. The molecule has 0 saturated heterocycles. The van der Waals surface area contributed by atoms with E-state index in [2.05, 4.69) is 0 Å². The molecular formula is C18H19NO4S. The molecule has 0 N–H and O–H groups in total. The average molecular weight is 345 g/mol. The second-order valence-corrected chi connectivity index (χ2v) is 6.82. The zero-order valence-electron chi connectivity index (χ0n) is 13.8. The molecule has 5 nitrogen and oxygen atoms in total. The fourth-order valence-corrected chi connectivity index (χ4v) is 3.10. The molecule has 0 fully saturated rings. The first-order chi connectivity index (χ1) is 11.4. The number of hydrogen-bond donors (Lipinski definition) is 0. The molecule has 0 heterocycles. The van der Waals surface area contributed by atoms with Crippen LogP contribution in [0.25, 0.3) is 0 Å². The molecule has 6 heteroatoms. The van der Waals surface area contributed by atoms with Gasteiger partial charge in [0.05, 0.1) is 21.8 Å². The van der Waals surface area contributed by atoms with E-state index in [4.69, 9.17) is 4.74 Å². The molecule has 0 spiro atoms. The molecule has 0 bridgehead atoms. The van der Waals surface area contributed by atoms with Gasteiger partial charge in [-0.15, -0.1) is 0 Å². The van der Waals surface area contributed by atoms with Crippen molar-refractivity contribution in [1.29, 1.82) is 0 Å². The van der Waals surface area contributed by atoms with Gasteiger partial charge in [0.25, 0.3) is 5.69 Å². The van der Waals surface area contributed by atoms with Crippen molar-refractivity contribution < 1.29 is 14.5 Å². The van der Waals surface area contributed by atoms with Crippen LogP contribution in [0.5, 0.6) is 0 Å². The number of esters is 1. The highest BCUT2D eigenvalue weighted by atomic mass is 32.2. The molecule has 0 atom stereocenters. The van der Waals surface area contributed by atoms with Gasteiger partial charge >= 0.3 is 5.97 Å². The quantitative estimate of drug-likeness (QED) is 0.435. The Morgan fingerprint density at radius 2 is 1.88 bits per heavy atom. The minimum Gasteiger partial charge on any atom is -0.465 e. The highest BCUT2D eigenvalue weighted by Gasteiger charge is 2.33. The summed E-state index contributed by atoms with van der Waals surface area (Å²) >= 11 is 1.32. The van der Waals surface area contributed by atoms with E-state index in [0.29, 0.717) is 10.5 Å². The van der Waals surface area contributed by atoms with E-state index in [1.807, 2.05) is 30.3 Å². The predicted octanol–water partition coefficient (Wildman–Crippen LogP) is 4.59. The van der Waals surface area contributed by atoms with E-state index in [-0.39, 0.29) is 12.3 Å². The Kier molecular flexibility index (Phi) is 5.62. The molecule has 0 saturated carbocycles. The molecule has 2 aromatic carbocycles. The number of rotatable bonds is 6. The van der Waals surface area contributed by atoms with Crippen LogP contribution in [0.15, 0.2) is 58.3 Å². The summed E-state index contributed by atoms with van der Waals surface area (Å²) < 4.78 is 5.07. The number of nitrogens with zero attached hydrogens (tertiary/aromatic N) is 1. The van der Waals surface area contributed by atoms with Crippen LogP contribution in [0, 0.1) is 10.1 Å². The fourth-order valence-electron chi connectivity index (χ4n) is 2.18. The summed E-state index contributed by atoms with van der Waals surface area (Å²) in [5.74, 6) is -0.400. The van der Waals surface area contributed by atoms with E-state index in [9.17, 15) is 14.9 Å². The van der Waals surface area contributed by atoms with Crippen molar-refractivity contribution in [3.05, 3.63) is 64.2 Å². The minimum absolute atomic E-state index is 0.0151. The summed E-state index contributed by atoms with van der Waals surface area (Å²) in [6.07, 6.45) is 0. The number of ether oxygens (including phenoxy) is 1. The third-order valence-corrected chi connectivity index (χ3v) is 4.71. The van der Waals surface area contributed by atoms with Gasteiger partial charge in [-0.3, -0.25) is 14.9 Å². The van der Waals surface area contributed by atoms with Gasteiger partial charge in [-0.2, -0.15) is 0 Å². The van der Waals surface area contributed by atoms with E-state index < -0.39 is 16.3 Å². The zero-order chi connectivity index (χ0) is 17.7. The number of nitro groups is 1. The Labute approximate surface area is 145 Å². The van der Waals surface area contributed by atoms with E-state index in [1.54, 1.807) is 32.9 Å². The number of hydrogen-bond acceptors (Lipinski definition) is 5. The maximum atomic E-state index is 12.1. The predicted molar refractivity (Wildman–Crippen MR) is 93.3 cm³/mol. The van der Waals surface area contributed by atoms with E-state index >= 15 is 0 Å². The topological polar surface area (TPSA) is 69.4 Å². The highest BCUT2D eigenvalue weighted by molar-refractivity contribution is 7.99. The van der Waals surface area contributed by atoms with Gasteiger partial charge in [-0.05, 0) is 44.5 Å². The standard InChI is InChI=1S/C18H19NO4S/c1-4-23-17(20)18(2,3)13-10-11-16(15(12-13)19(21)22)24-14-8-6-5-7-9-14/h5-12H,4H2,1-3H3. The largest absolute Gasteiger partial charge is 0.465 e. The Bertz CT molecular complexity index is 744. The number of carbonyl (C=O) groups is 1.